The molecular formula is C35H43N3O7S. The molecule has 246 valence electrons. The molecule has 1 unspecified atom stereocenters. The van der Waals surface area contributed by atoms with E-state index < -0.39 is 33.8 Å². The van der Waals surface area contributed by atoms with Gasteiger partial charge in [0.15, 0.2) is 9.84 Å². The Balaban J connectivity index is 1.56. The monoisotopic (exact) mass is 649 g/mol. The van der Waals surface area contributed by atoms with Crippen LogP contribution in [0.1, 0.15) is 97.3 Å². The lowest BCUT2D eigenvalue weighted by Crippen LogP contribution is -2.33. The second kappa shape index (κ2) is 16.3. The maximum absolute atomic E-state index is 13.4. The van der Waals surface area contributed by atoms with Gasteiger partial charge in [-0.25, -0.2) is 13.2 Å². The summed E-state index contributed by atoms with van der Waals surface area (Å²) in [5, 5.41) is 17.2. The molecule has 4 rings (SSSR count). The number of carboxylic acid groups (broad SMARTS) is 1. The predicted octanol–water partition coefficient (Wildman–Crippen LogP) is 6.43. The Hall–Kier alpha value is -4.38. The molecule has 1 aliphatic rings. The van der Waals surface area contributed by atoms with Crippen LogP contribution in [-0.4, -0.2) is 50.8 Å². The minimum absolute atomic E-state index is 0.00604. The highest BCUT2D eigenvalue weighted by atomic mass is 32.2. The van der Waals surface area contributed by atoms with Crippen molar-refractivity contribution in [1.29, 1.82) is 0 Å². The second-order valence-electron chi connectivity index (χ2n) is 11.7. The summed E-state index contributed by atoms with van der Waals surface area (Å²) in [5.74, 6) is -0.629. The van der Waals surface area contributed by atoms with Crippen LogP contribution in [0, 0.1) is 0 Å². The average Bonchev–Trinajstić information content (AvgIpc) is 3.04. The van der Waals surface area contributed by atoms with Crippen molar-refractivity contribution in [1.82, 2.24) is 10.6 Å². The van der Waals surface area contributed by atoms with Gasteiger partial charge in [0.05, 0.1) is 19.1 Å². The number of hydrogen-bond donors (Lipinski definition) is 4. The molecule has 0 bridgehead atoms. The third-order valence-electron chi connectivity index (χ3n) is 8.11. The van der Waals surface area contributed by atoms with Crippen LogP contribution in [0.25, 0.3) is 0 Å². The predicted molar refractivity (Wildman–Crippen MR) is 177 cm³/mol. The van der Waals surface area contributed by atoms with Crippen molar-refractivity contribution in [2.24, 2.45) is 0 Å². The van der Waals surface area contributed by atoms with Crippen LogP contribution < -0.4 is 20.7 Å². The number of urea groups is 1. The van der Waals surface area contributed by atoms with Crippen molar-refractivity contribution in [3.8, 4) is 5.75 Å². The van der Waals surface area contributed by atoms with E-state index in [0.717, 1.165) is 43.1 Å². The van der Waals surface area contributed by atoms with Gasteiger partial charge in [0.1, 0.15) is 10.6 Å². The first kappa shape index (κ1) is 34.5. The van der Waals surface area contributed by atoms with Crippen molar-refractivity contribution in [3.63, 3.8) is 0 Å². The van der Waals surface area contributed by atoms with Crippen LogP contribution in [-0.2, 0) is 14.6 Å². The third kappa shape index (κ3) is 9.81. The summed E-state index contributed by atoms with van der Waals surface area (Å²) in [4.78, 5) is 36.7. The van der Waals surface area contributed by atoms with E-state index in [4.69, 9.17) is 9.84 Å². The lowest BCUT2D eigenvalue weighted by molar-refractivity contribution is -0.136. The molecule has 0 radical (unpaired) electrons. The van der Waals surface area contributed by atoms with E-state index in [-0.39, 0.29) is 23.6 Å². The summed E-state index contributed by atoms with van der Waals surface area (Å²) in [5.41, 5.74) is 3.48. The summed E-state index contributed by atoms with van der Waals surface area (Å²) in [6.07, 6.45) is 8.65. The van der Waals surface area contributed by atoms with Gasteiger partial charge in [0.25, 0.3) is 5.91 Å². The first-order valence-electron chi connectivity index (χ1n) is 15.8. The summed E-state index contributed by atoms with van der Waals surface area (Å²) < 4.78 is 30.7. The van der Waals surface area contributed by atoms with Gasteiger partial charge >= 0.3 is 12.0 Å². The summed E-state index contributed by atoms with van der Waals surface area (Å²) in [6, 6.07) is 18.4. The second-order valence-corrected chi connectivity index (χ2v) is 13.7. The molecule has 1 saturated carbocycles. The van der Waals surface area contributed by atoms with Gasteiger partial charge in [-0.2, -0.15) is 0 Å². The Morgan fingerprint density at radius 2 is 1.59 bits per heavy atom. The Kier molecular flexibility index (Phi) is 12.2. The van der Waals surface area contributed by atoms with Crippen molar-refractivity contribution in [2.75, 3.05) is 24.7 Å². The zero-order chi connectivity index (χ0) is 33.1. The number of aliphatic carboxylic acids is 1. The number of anilines is 1. The van der Waals surface area contributed by atoms with Crippen molar-refractivity contribution in [3.05, 3.63) is 89.0 Å². The number of rotatable bonds is 14. The molecule has 1 fully saturated rings. The number of ether oxygens (including phenoxy) is 1. The quantitative estimate of drug-likeness (QED) is 0.147. The molecular weight excluding hydrogens is 606 g/mol. The van der Waals surface area contributed by atoms with Crippen LogP contribution in [0.2, 0.25) is 0 Å². The largest absolute Gasteiger partial charge is 0.492 e. The fraction of sp³-hybridized carbons (Fsp3) is 0.400. The molecule has 1 aliphatic carbocycles. The smallest absolute Gasteiger partial charge is 0.319 e. The van der Waals surface area contributed by atoms with Crippen LogP contribution in [0.5, 0.6) is 5.75 Å². The van der Waals surface area contributed by atoms with Crippen LogP contribution in [0.15, 0.2) is 71.6 Å². The molecule has 0 aliphatic heterocycles. The third-order valence-corrected chi connectivity index (χ3v) is 9.23. The Morgan fingerprint density at radius 3 is 2.20 bits per heavy atom. The van der Waals surface area contributed by atoms with E-state index in [1.807, 2.05) is 19.1 Å². The van der Waals surface area contributed by atoms with E-state index in [1.165, 1.54) is 30.9 Å². The molecule has 1 atom stereocenters. The van der Waals surface area contributed by atoms with Crippen LogP contribution in [0.4, 0.5) is 10.5 Å². The summed E-state index contributed by atoms with van der Waals surface area (Å²) in [6.45, 7) is 2.41. The maximum Gasteiger partial charge on any atom is 0.319 e. The molecule has 11 heteroatoms. The van der Waals surface area contributed by atoms with Gasteiger partial charge in [-0.15, -0.1) is 0 Å². The number of carboxylic acids is 1. The van der Waals surface area contributed by atoms with Crippen molar-refractivity contribution >= 4 is 33.4 Å². The number of hydrogen-bond acceptors (Lipinski definition) is 6. The number of carbonyl (C=O) groups is 3. The van der Waals surface area contributed by atoms with Crippen molar-refractivity contribution in [2.45, 2.75) is 75.1 Å². The van der Waals surface area contributed by atoms with Gasteiger partial charge in [0, 0.05) is 24.1 Å². The summed E-state index contributed by atoms with van der Waals surface area (Å²) in [7, 11) is -3.63. The fourth-order valence-electron chi connectivity index (χ4n) is 5.59. The summed E-state index contributed by atoms with van der Waals surface area (Å²) >= 11 is 0. The lowest BCUT2D eigenvalue weighted by Gasteiger charge is -2.24. The molecule has 3 amide bonds. The zero-order valence-corrected chi connectivity index (χ0v) is 27.2. The van der Waals surface area contributed by atoms with Gasteiger partial charge in [0.2, 0.25) is 0 Å². The molecule has 46 heavy (non-hydrogen) atoms. The van der Waals surface area contributed by atoms with Crippen LogP contribution >= 0.6 is 0 Å². The number of unbranched alkanes of at least 4 members (excludes halogenated alkanes) is 1. The standard InChI is InChI=1S/C35H43N3O7S/c1-3-4-22-45-30-19-18-29(23-31(30)46(2,43)44)37-35(42)38-33(26-12-10-25(11-13-26)24-8-6-5-7-9-24)27-14-16-28(17-15-27)34(41)36-21-20-32(39)40/h10-19,23-24,33H,3-9,20-22H2,1-2H3,(H,36,41)(H,39,40)(H2,37,38,42). The first-order valence-corrected chi connectivity index (χ1v) is 17.7. The number of carbonyl (C=O) groups excluding carboxylic acids is 2. The highest BCUT2D eigenvalue weighted by Crippen LogP contribution is 2.34. The molecule has 0 spiro atoms. The van der Waals surface area contributed by atoms with Gasteiger partial charge in [-0.05, 0) is 72.2 Å². The average molecular weight is 650 g/mol. The van der Waals surface area contributed by atoms with E-state index in [2.05, 4.69) is 28.1 Å². The lowest BCUT2D eigenvalue weighted by atomic mass is 9.83. The van der Waals surface area contributed by atoms with Gasteiger partial charge in [-0.3, -0.25) is 9.59 Å². The maximum atomic E-state index is 13.4. The number of benzene rings is 3. The molecule has 3 aromatic rings. The Morgan fingerprint density at radius 1 is 0.935 bits per heavy atom. The number of amides is 3. The first-order chi connectivity index (χ1) is 22.0. The van der Waals surface area contributed by atoms with Gasteiger partial charge in [-0.1, -0.05) is 69.0 Å². The molecule has 3 aromatic carbocycles. The topological polar surface area (TPSA) is 151 Å². The number of nitrogens with one attached hydrogen (secondary N) is 3. The minimum atomic E-state index is -3.63. The van der Waals surface area contributed by atoms with Crippen LogP contribution in [0.3, 0.4) is 0 Å². The van der Waals surface area contributed by atoms with E-state index >= 15 is 0 Å². The molecule has 10 nitrogen and oxygen atoms in total. The van der Waals surface area contributed by atoms with E-state index in [9.17, 15) is 22.8 Å². The van der Waals surface area contributed by atoms with Gasteiger partial charge < -0.3 is 25.8 Å². The number of sulfone groups is 1. The fourth-order valence-corrected chi connectivity index (χ4v) is 6.42. The SMILES string of the molecule is CCCCOc1ccc(NC(=O)NC(c2ccc(C(=O)NCCC(=O)O)cc2)c2ccc(C3CCCCC3)cc2)cc1S(C)(=O)=O. The molecule has 0 aromatic heterocycles. The highest BCUT2D eigenvalue weighted by molar-refractivity contribution is 7.90. The highest BCUT2D eigenvalue weighted by Gasteiger charge is 2.21. The van der Waals surface area contributed by atoms with Crippen molar-refractivity contribution < 1.29 is 32.6 Å². The van der Waals surface area contributed by atoms with E-state index in [1.54, 1.807) is 36.4 Å². The molecule has 0 heterocycles. The minimum Gasteiger partial charge on any atom is -0.492 e. The Bertz CT molecular complexity index is 1600. The molecule has 4 N–H and O–H groups in total. The normalized spacial score (nSPS) is 14.2. The zero-order valence-electron chi connectivity index (χ0n) is 26.4. The van der Waals surface area contributed by atoms with E-state index in [0.29, 0.717) is 23.8 Å². The molecule has 0 saturated heterocycles. The Labute approximate surface area is 270 Å².